The summed E-state index contributed by atoms with van der Waals surface area (Å²) in [6.45, 7) is 0. The molecule has 3 aromatic rings. The van der Waals surface area contributed by atoms with E-state index in [2.05, 4.69) is 10.1 Å². The van der Waals surface area contributed by atoms with Crippen LogP contribution in [0.2, 0.25) is 0 Å². The third-order valence-corrected chi connectivity index (χ3v) is 4.73. The van der Waals surface area contributed by atoms with Gasteiger partial charge in [0.05, 0.1) is 12.0 Å². The van der Waals surface area contributed by atoms with Crippen molar-refractivity contribution in [3.8, 4) is 23.0 Å². The lowest BCUT2D eigenvalue weighted by Crippen LogP contribution is -2.56. The van der Waals surface area contributed by atoms with Crippen LogP contribution in [-0.4, -0.2) is 31.7 Å². The number of rotatable bonds is 2. The first-order valence-electron chi connectivity index (χ1n) is 7.80. The standard InChI is InChI=1S/C17H12N4O4/c22-13-7-8-17(16(23)24)20(13)11-5-2-1-4-10(11)15-18-14(19-21(15)17)12-6-3-9-25-12/h1-6,9H,7-8H2,(H,23,24)/t17-/m1/s1. The van der Waals surface area contributed by atoms with Crippen molar-refractivity contribution in [1.82, 2.24) is 14.8 Å². The number of aliphatic carboxylic acids is 1. The zero-order valence-corrected chi connectivity index (χ0v) is 12.9. The Bertz CT molecular complexity index is 1020. The van der Waals surface area contributed by atoms with E-state index in [1.54, 1.807) is 30.3 Å². The van der Waals surface area contributed by atoms with Gasteiger partial charge in [0.25, 0.3) is 0 Å². The van der Waals surface area contributed by atoms with Gasteiger partial charge >= 0.3 is 5.97 Å². The fourth-order valence-electron chi connectivity index (χ4n) is 3.65. The zero-order valence-electron chi connectivity index (χ0n) is 12.9. The number of carboxylic acids is 1. The monoisotopic (exact) mass is 336 g/mol. The minimum absolute atomic E-state index is 0.128. The molecule has 1 atom stereocenters. The predicted octanol–water partition coefficient (Wildman–Crippen LogP) is 2.08. The van der Waals surface area contributed by atoms with Gasteiger partial charge in [-0.3, -0.25) is 9.69 Å². The van der Waals surface area contributed by atoms with E-state index in [4.69, 9.17) is 4.42 Å². The summed E-state index contributed by atoms with van der Waals surface area (Å²) in [7, 11) is 0. The maximum Gasteiger partial charge on any atom is 0.353 e. The lowest BCUT2D eigenvalue weighted by molar-refractivity contribution is -0.148. The maximum absolute atomic E-state index is 12.5. The highest BCUT2D eigenvalue weighted by Crippen LogP contribution is 2.48. The van der Waals surface area contributed by atoms with Crippen molar-refractivity contribution in [3.05, 3.63) is 42.7 Å². The summed E-state index contributed by atoms with van der Waals surface area (Å²) < 4.78 is 6.69. The van der Waals surface area contributed by atoms with Crippen molar-refractivity contribution in [2.75, 3.05) is 4.90 Å². The lowest BCUT2D eigenvalue weighted by Gasteiger charge is -2.39. The van der Waals surface area contributed by atoms with Crippen LogP contribution in [0.1, 0.15) is 12.8 Å². The van der Waals surface area contributed by atoms with Gasteiger partial charge in [-0.25, -0.2) is 14.5 Å². The molecule has 0 spiro atoms. The minimum Gasteiger partial charge on any atom is -0.478 e. The molecule has 2 aliphatic heterocycles. The Morgan fingerprint density at radius 3 is 2.84 bits per heavy atom. The molecule has 1 amide bonds. The predicted molar refractivity (Wildman–Crippen MR) is 85.5 cm³/mol. The Morgan fingerprint density at radius 1 is 1.24 bits per heavy atom. The van der Waals surface area contributed by atoms with Crippen LogP contribution in [0.4, 0.5) is 5.69 Å². The Kier molecular flexibility index (Phi) is 2.55. The molecule has 124 valence electrons. The number of aromatic nitrogens is 3. The molecule has 25 heavy (non-hydrogen) atoms. The SMILES string of the molecule is O=C1CC[C@@]2(C(=O)O)N1c1ccccc1-c1nc(-c3ccco3)nn12. The third-order valence-electron chi connectivity index (χ3n) is 4.73. The average molecular weight is 336 g/mol. The summed E-state index contributed by atoms with van der Waals surface area (Å²) in [6.07, 6.45) is 1.77. The molecule has 0 saturated carbocycles. The van der Waals surface area contributed by atoms with Gasteiger partial charge < -0.3 is 9.52 Å². The summed E-state index contributed by atoms with van der Waals surface area (Å²) in [5.74, 6) is -0.233. The third kappa shape index (κ3) is 1.60. The molecule has 1 saturated heterocycles. The van der Waals surface area contributed by atoms with Gasteiger partial charge in [-0.05, 0) is 24.3 Å². The molecule has 0 aliphatic carbocycles. The van der Waals surface area contributed by atoms with Gasteiger partial charge in [-0.2, -0.15) is 0 Å². The molecule has 2 aromatic heterocycles. The molecular weight excluding hydrogens is 324 g/mol. The van der Waals surface area contributed by atoms with Crippen molar-refractivity contribution in [3.63, 3.8) is 0 Å². The van der Waals surface area contributed by atoms with Crippen molar-refractivity contribution in [1.29, 1.82) is 0 Å². The van der Waals surface area contributed by atoms with E-state index in [0.29, 0.717) is 22.8 Å². The van der Waals surface area contributed by atoms with E-state index in [1.807, 2.05) is 6.07 Å². The second-order valence-electron chi connectivity index (χ2n) is 6.02. The normalized spacial score (nSPS) is 21.0. The molecule has 4 heterocycles. The molecule has 0 bridgehead atoms. The van der Waals surface area contributed by atoms with E-state index in [9.17, 15) is 14.7 Å². The van der Waals surface area contributed by atoms with Crippen LogP contribution in [0.3, 0.4) is 0 Å². The lowest BCUT2D eigenvalue weighted by atomic mass is 10.0. The number of carbonyl (C=O) groups is 2. The van der Waals surface area contributed by atoms with Crippen molar-refractivity contribution < 1.29 is 19.1 Å². The van der Waals surface area contributed by atoms with Crippen molar-refractivity contribution in [2.24, 2.45) is 0 Å². The summed E-state index contributed by atoms with van der Waals surface area (Å²) in [4.78, 5) is 30.6. The Morgan fingerprint density at radius 2 is 2.08 bits per heavy atom. The zero-order chi connectivity index (χ0) is 17.2. The molecule has 8 heteroatoms. The number of hydrogen-bond donors (Lipinski definition) is 1. The number of carboxylic acid groups (broad SMARTS) is 1. The van der Waals surface area contributed by atoms with E-state index < -0.39 is 11.6 Å². The van der Waals surface area contributed by atoms with Gasteiger partial charge in [0.1, 0.15) is 0 Å². The minimum atomic E-state index is -1.60. The van der Waals surface area contributed by atoms with E-state index >= 15 is 0 Å². The number of anilines is 1. The van der Waals surface area contributed by atoms with Gasteiger partial charge in [0.2, 0.25) is 17.4 Å². The molecule has 2 aliphatic rings. The van der Waals surface area contributed by atoms with Crippen LogP contribution in [0.5, 0.6) is 0 Å². The quantitative estimate of drug-likeness (QED) is 0.769. The summed E-state index contributed by atoms with van der Waals surface area (Å²) in [5, 5.41) is 14.4. The van der Waals surface area contributed by atoms with Crippen molar-refractivity contribution >= 4 is 17.6 Å². The van der Waals surface area contributed by atoms with Crippen LogP contribution in [0.15, 0.2) is 47.1 Å². The second-order valence-corrected chi connectivity index (χ2v) is 6.02. The molecular formula is C17H12N4O4. The van der Waals surface area contributed by atoms with Crippen LogP contribution < -0.4 is 4.90 Å². The average Bonchev–Trinajstić information content (AvgIpc) is 3.33. The Hall–Kier alpha value is -3.42. The van der Waals surface area contributed by atoms with Crippen LogP contribution in [-0.2, 0) is 15.3 Å². The largest absolute Gasteiger partial charge is 0.478 e. The first kappa shape index (κ1) is 14.0. The molecule has 1 aromatic carbocycles. The highest BCUT2D eigenvalue weighted by Gasteiger charge is 2.58. The van der Waals surface area contributed by atoms with E-state index in [1.165, 1.54) is 15.8 Å². The Balaban J connectivity index is 1.86. The number of hydrogen-bond acceptors (Lipinski definition) is 5. The van der Waals surface area contributed by atoms with Crippen molar-refractivity contribution in [2.45, 2.75) is 18.5 Å². The van der Waals surface area contributed by atoms with E-state index in [0.717, 1.165) is 0 Å². The first-order chi connectivity index (χ1) is 12.1. The number of amides is 1. The first-order valence-corrected chi connectivity index (χ1v) is 7.80. The number of para-hydroxylation sites is 1. The number of benzene rings is 1. The van der Waals surface area contributed by atoms with Gasteiger partial charge in [0, 0.05) is 18.4 Å². The number of carbonyl (C=O) groups excluding carboxylic acids is 1. The van der Waals surface area contributed by atoms with Gasteiger partial charge in [0.15, 0.2) is 11.6 Å². The molecule has 8 nitrogen and oxygen atoms in total. The number of nitrogens with zero attached hydrogens (tertiary/aromatic N) is 4. The van der Waals surface area contributed by atoms with E-state index in [-0.39, 0.29) is 24.6 Å². The topological polar surface area (TPSA) is 101 Å². The Labute approximate surface area is 141 Å². The highest BCUT2D eigenvalue weighted by atomic mass is 16.4. The highest BCUT2D eigenvalue weighted by molar-refractivity contribution is 6.07. The fourth-order valence-corrected chi connectivity index (χ4v) is 3.65. The van der Waals surface area contributed by atoms with Crippen LogP contribution in [0.25, 0.3) is 23.0 Å². The second kappa shape index (κ2) is 4.56. The molecule has 1 fully saturated rings. The van der Waals surface area contributed by atoms with Gasteiger partial charge in [-0.1, -0.05) is 12.1 Å². The van der Waals surface area contributed by atoms with Crippen LogP contribution in [0, 0.1) is 0 Å². The fraction of sp³-hybridized carbons (Fsp3) is 0.176. The molecule has 5 rings (SSSR count). The van der Waals surface area contributed by atoms with Crippen LogP contribution >= 0.6 is 0 Å². The number of furan rings is 1. The summed E-state index contributed by atoms with van der Waals surface area (Å²) >= 11 is 0. The summed E-state index contributed by atoms with van der Waals surface area (Å²) in [5.41, 5.74) is -0.392. The maximum atomic E-state index is 12.5. The van der Waals surface area contributed by atoms with Gasteiger partial charge in [-0.15, -0.1) is 5.10 Å². The number of fused-ring (bicyclic) bond motifs is 6. The molecule has 1 N–H and O–H groups in total. The molecule has 0 radical (unpaired) electrons. The summed E-state index contributed by atoms with van der Waals surface area (Å²) in [6, 6.07) is 10.6. The smallest absolute Gasteiger partial charge is 0.353 e. The molecule has 0 unspecified atom stereocenters.